The van der Waals surface area contributed by atoms with Crippen LogP contribution < -0.4 is 5.32 Å². The van der Waals surface area contributed by atoms with Crippen molar-refractivity contribution in [1.29, 1.82) is 0 Å². The summed E-state index contributed by atoms with van der Waals surface area (Å²) in [5.41, 5.74) is 0.856. The Morgan fingerprint density at radius 1 is 1.20 bits per heavy atom. The van der Waals surface area contributed by atoms with Gasteiger partial charge in [-0.2, -0.15) is 0 Å². The average molecular weight is 345 g/mol. The molecule has 5 nitrogen and oxygen atoms in total. The molecule has 1 aromatic carbocycles. The highest BCUT2D eigenvalue weighted by Crippen LogP contribution is 2.19. The highest BCUT2D eigenvalue weighted by molar-refractivity contribution is 5.85. The second kappa shape index (κ2) is 8.30. The van der Waals surface area contributed by atoms with Gasteiger partial charge in [0.25, 0.3) is 0 Å². The SMILES string of the molecule is CC(C)(C(=O)N[C@@H]1CCCN(Cc2ccccc2)C1)N1CCOCC1. The molecule has 138 valence electrons. The lowest BCUT2D eigenvalue weighted by Crippen LogP contribution is -2.60. The Kier molecular flexibility index (Phi) is 6.10. The Morgan fingerprint density at radius 2 is 1.92 bits per heavy atom. The van der Waals surface area contributed by atoms with Gasteiger partial charge in [0.05, 0.1) is 18.8 Å². The Hall–Kier alpha value is -1.43. The summed E-state index contributed by atoms with van der Waals surface area (Å²) in [6.45, 7) is 10.1. The molecule has 0 bridgehead atoms. The minimum Gasteiger partial charge on any atom is -0.379 e. The summed E-state index contributed by atoms with van der Waals surface area (Å²) in [7, 11) is 0. The summed E-state index contributed by atoms with van der Waals surface area (Å²) in [5, 5.41) is 3.31. The maximum absolute atomic E-state index is 12.9. The third kappa shape index (κ3) is 4.81. The van der Waals surface area contributed by atoms with Crippen LogP contribution >= 0.6 is 0 Å². The van der Waals surface area contributed by atoms with Gasteiger partial charge in [-0.15, -0.1) is 0 Å². The molecule has 2 aliphatic heterocycles. The Morgan fingerprint density at radius 3 is 2.64 bits per heavy atom. The van der Waals surface area contributed by atoms with Crippen LogP contribution in [0.5, 0.6) is 0 Å². The fourth-order valence-corrected chi connectivity index (χ4v) is 3.79. The van der Waals surface area contributed by atoms with E-state index in [9.17, 15) is 4.79 Å². The normalized spacial score (nSPS) is 23.4. The molecule has 2 saturated heterocycles. The standard InChI is InChI=1S/C20H31N3O2/c1-20(2,23-11-13-25-14-12-23)19(24)21-18-9-6-10-22(16-18)15-17-7-4-3-5-8-17/h3-5,7-8,18H,6,9-16H2,1-2H3,(H,21,24)/t18-/m1/s1. The highest BCUT2D eigenvalue weighted by Gasteiger charge is 2.36. The summed E-state index contributed by atoms with van der Waals surface area (Å²) in [4.78, 5) is 17.6. The summed E-state index contributed by atoms with van der Waals surface area (Å²) in [6.07, 6.45) is 2.20. The number of piperidine rings is 1. The highest BCUT2D eigenvalue weighted by atomic mass is 16.5. The molecule has 0 spiro atoms. The van der Waals surface area contributed by atoms with Crippen LogP contribution in [-0.2, 0) is 16.1 Å². The van der Waals surface area contributed by atoms with E-state index in [1.54, 1.807) is 0 Å². The zero-order chi connectivity index (χ0) is 17.7. The van der Waals surface area contributed by atoms with Crippen LogP contribution in [0.1, 0.15) is 32.3 Å². The first-order chi connectivity index (χ1) is 12.1. The van der Waals surface area contributed by atoms with Crippen LogP contribution in [-0.4, -0.2) is 66.7 Å². The van der Waals surface area contributed by atoms with Crippen molar-refractivity contribution in [1.82, 2.24) is 15.1 Å². The van der Waals surface area contributed by atoms with Crippen molar-refractivity contribution in [2.45, 2.75) is 44.8 Å². The van der Waals surface area contributed by atoms with Gasteiger partial charge < -0.3 is 10.1 Å². The zero-order valence-electron chi connectivity index (χ0n) is 15.5. The second-order valence-corrected chi connectivity index (χ2v) is 7.69. The van der Waals surface area contributed by atoms with Gasteiger partial charge in [-0.25, -0.2) is 0 Å². The molecule has 0 aliphatic carbocycles. The first-order valence-corrected chi connectivity index (χ1v) is 9.46. The molecule has 0 radical (unpaired) electrons. The molecular weight excluding hydrogens is 314 g/mol. The molecule has 1 aromatic rings. The maximum Gasteiger partial charge on any atom is 0.240 e. The van der Waals surface area contributed by atoms with Gasteiger partial charge in [-0.05, 0) is 38.8 Å². The van der Waals surface area contributed by atoms with Gasteiger partial charge in [0, 0.05) is 32.2 Å². The lowest BCUT2D eigenvalue weighted by Gasteiger charge is -2.41. The number of ether oxygens (including phenoxy) is 1. The fraction of sp³-hybridized carbons (Fsp3) is 0.650. The number of morpholine rings is 1. The van der Waals surface area contributed by atoms with Crippen molar-refractivity contribution >= 4 is 5.91 Å². The Balaban J connectivity index is 1.53. The molecule has 1 atom stereocenters. The molecule has 2 heterocycles. The molecular formula is C20H31N3O2. The molecule has 0 unspecified atom stereocenters. The number of amides is 1. The molecule has 0 saturated carbocycles. The quantitative estimate of drug-likeness (QED) is 0.885. The number of likely N-dealkylation sites (tertiary alicyclic amines) is 1. The maximum atomic E-state index is 12.9. The van der Waals surface area contributed by atoms with E-state index in [1.165, 1.54) is 5.56 Å². The summed E-state index contributed by atoms with van der Waals surface area (Å²) < 4.78 is 5.42. The van der Waals surface area contributed by atoms with E-state index in [-0.39, 0.29) is 11.9 Å². The van der Waals surface area contributed by atoms with E-state index >= 15 is 0 Å². The summed E-state index contributed by atoms with van der Waals surface area (Å²) in [5.74, 6) is 0.140. The number of hydrogen-bond donors (Lipinski definition) is 1. The number of hydrogen-bond acceptors (Lipinski definition) is 4. The number of carbonyl (C=O) groups is 1. The first kappa shape index (κ1) is 18.4. The second-order valence-electron chi connectivity index (χ2n) is 7.69. The van der Waals surface area contributed by atoms with E-state index in [2.05, 4.69) is 45.4 Å². The third-order valence-corrected chi connectivity index (χ3v) is 5.45. The molecule has 3 rings (SSSR count). The molecule has 1 amide bonds. The van der Waals surface area contributed by atoms with Crippen LogP contribution in [0.2, 0.25) is 0 Å². The van der Waals surface area contributed by atoms with Gasteiger partial charge in [0.2, 0.25) is 5.91 Å². The summed E-state index contributed by atoms with van der Waals surface area (Å²) >= 11 is 0. The third-order valence-electron chi connectivity index (χ3n) is 5.45. The minimum absolute atomic E-state index is 0.140. The minimum atomic E-state index is -0.481. The van der Waals surface area contributed by atoms with Crippen molar-refractivity contribution in [2.24, 2.45) is 0 Å². The van der Waals surface area contributed by atoms with Crippen LogP contribution in [0.25, 0.3) is 0 Å². The number of rotatable bonds is 5. The van der Waals surface area contributed by atoms with E-state index in [4.69, 9.17) is 4.74 Å². The van der Waals surface area contributed by atoms with Crippen LogP contribution in [0.15, 0.2) is 30.3 Å². The predicted octanol–water partition coefficient (Wildman–Crippen LogP) is 1.88. The molecule has 2 fully saturated rings. The van der Waals surface area contributed by atoms with E-state index < -0.39 is 5.54 Å². The van der Waals surface area contributed by atoms with Gasteiger partial charge in [-0.1, -0.05) is 30.3 Å². The number of benzene rings is 1. The van der Waals surface area contributed by atoms with Gasteiger partial charge in [-0.3, -0.25) is 14.6 Å². The number of nitrogens with zero attached hydrogens (tertiary/aromatic N) is 2. The first-order valence-electron chi connectivity index (χ1n) is 9.46. The summed E-state index contributed by atoms with van der Waals surface area (Å²) in [6, 6.07) is 10.8. The molecule has 1 N–H and O–H groups in total. The molecule has 2 aliphatic rings. The largest absolute Gasteiger partial charge is 0.379 e. The number of nitrogens with one attached hydrogen (secondary N) is 1. The smallest absolute Gasteiger partial charge is 0.240 e. The van der Waals surface area contributed by atoms with Crippen LogP contribution in [0.4, 0.5) is 0 Å². The average Bonchev–Trinajstić information content (AvgIpc) is 2.63. The predicted molar refractivity (Wildman–Crippen MR) is 99.4 cm³/mol. The molecule has 5 heteroatoms. The van der Waals surface area contributed by atoms with E-state index in [0.717, 1.165) is 45.6 Å². The monoisotopic (exact) mass is 345 g/mol. The lowest BCUT2D eigenvalue weighted by molar-refractivity contribution is -0.135. The Labute approximate surface area is 151 Å². The fourth-order valence-electron chi connectivity index (χ4n) is 3.79. The topological polar surface area (TPSA) is 44.8 Å². The zero-order valence-corrected chi connectivity index (χ0v) is 15.5. The van der Waals surface area contributed by atoms with Gasteiger partial charge >= 0.3 is 0 Å². The van der Waals surface area contributed by atoms with Crippen molar-refractivity contribution in [2.75, 3.05) is 39.4 Å². The van der Waals surface area contributed by atoms with Crippen molar-refractivity contribution < 1.29 is 9.53 Å². The number of carbonyl (C=O) groups excluding carboxylic acids is 1. The molecule has 0 aromatic heterocycles. The van der Waals surface area contributed by atoms with Crippen LogP contribution in [0, 0.1) is 0 Å². The Bertz CT molecular complexity index is 555. The van der Waals surface area contributed by atoms with Crippen molar-refractivity contribution in [3.63, 3.8) is 0 Å². The molecule has 25 heavy (non-hydrogen) atoms. The van der Waals surface area contributed by atoms with Crippen LogP contribution in [0.3, 0.4) is 0 Å². The van der Waals surface area contributed by atoms with Gasteiger partial charge in [0.1, 0.15) is 0 Å². The van der Waals surface area contributed by atoms with E-state index in [0.29, 0.717) is 13.2 Å². The van der Waals surface area contributed by atoms with Crippen molar-refractivity contribution in [3.05, 3.63) is 35.9 Å². The van der Waals surface area contributed by atoms with Crippen molar-refractivity contribution in [3.8, 4) is 0 Å². The van der Waals surface area contributed by atoms with Gasteiger partial charge in [0.15, 0.2) is 0 Å². The van der Waals surface area contributed by atoms with E-state index in [1.807, 2.05) is 13.8 Å². The lowest BCUT2D eigenvalue weighted by atomic mass is 9.98.